The highest BCUT2D eigenvalue weighted by Gasteiger charge is 2.27. The number of hydrogen-bond acceptors (Lipinski definition) is 4. The van der Waals surface area contributed by atoms with Gasteiger partial charge in [-0.05, 0) is 23.8 Å². The Labute approximate surface area is 92.9 Å². The van der Waals surface area contributed by atoms with E-state index in [1.807, 2.05) is 0 Å². The van der Waals surface area contributed by atoms with Crippen molar-refractivity contribution < 1.29 is 23.1 Å². The van der Waals surface area contributed by atoms with Crippen molar-refractivity contribution in [2.24, 2.45) is 0 Å². The highest BCUT2D eigenvalue weighted by Crippen LogP contribution is 2.53. The first kappa shape index (κ1) is 12.9. The molecule has 0 atom stereocenters. The Kier molecular flexibility index (Phi) is 4.24. The number of aliphatic hydroxyl groups excluding tert-OH is 1. The zero-order chi connectivity index (χ0) is 12.2. The van der Waals surface area contributed by atoms with Crippen LogP contribution in [0.5, 0.6) is 0 Å². The molecular weight excluding hydrogens is 234 g/mol. The SMILES string of the molecule is COP(=O)(OC)/C(O)=C/c1ccc(F)cc1. The van der Waals surface area contributed by atoms with Crippen molar-refractivity contribution >= 4 is 13.7 Å². The maximum atomic E-state index is 12.6. The van der Waals surface area contributed by atoms with Gasteiger partial charge in [-0.25, -0.2) is 4.39 Å². The smallest absolute Gasteiger partial charge is 0.394 e. The number of benzene rings is 1. The first-order chi connectivity index (χ1) is 7.51. The summed E-state index contributed by atoms with van der Waals surface area (Å²) in [6, 6.07) is 5.32. The highest BCUT2D eigenvalue weighted by atomic mass is 31.2. The summed E-state index contributed by atoms with van der Waals surface area (Å²) in [6.07, 6.45) is 1.20. The van der Waals surface area contributed by atoms with Gasteiger partial charge in [-0.2, -0.15) is 0 Å². The Morgan fingerprint density at radius 1 is 1.31 bits per heavy atom. The second-order valence-corrected chi connectivity index (χ2v) is 5.10. The molecule has 0 unspecified atom stereocenters. The van der Waals surface area contributed by atoms with Crippen molar-refractivity contribution in [1.29, 1.82) is 0 Å². The molecular formula is C10H12FO4P. The van der Waals surface area contributed by atoms with E-state index in [4.69, 9.17) is 0 Å². The first-order valence-corrected chi connectivity index (χ1v) is 5.94. The third kappa shape index (κ3) is 2.92. The molecule has 1 aromatic rings. The Bertz CT molecular complexity index is 419. The molecule has 0 heterocycles. The molecule has 6 heteroatoms. The van der Waals surface area contributed by atoms with Crippen LogP contribution in [-0.4, -0.2) is 19.3 Å². The Balaban J connectivity index is 3.00. The Hall–Kier alpha value is -1.16. The molecule has 0 radical (unpaired) electrons. The number of hydrogen-bond donors (Lipinski definition) is 1. The second kappa shape index (κ2) is 5.25. The van der Waals surface area contributed by atoms with E-state index in [0.717, 1.165) is 0 Å². The lowest BCUT2D eigenvalue weighted by atomic mass is 10.2. The van der Waals surface area contributed by atoms with E-state index in [9.17, 15) is 14.1 Å². The lowest BCUT2D eigenvalue weighted by molar-refractivity contribution is 0.262. The summed E-state index contributed by atoms with van der Waals surface area (Å²) in [5.74, 6) is -0.390. The summed E-state index contributed by atoms with van der Waals surface area (Å²) in [5, 5.41) is 9.55. The van der Waals surface area contributed by atoms with Crippen LogP contribution < -0.4 is 0 Å². The van der Waals surface area contributed by atoms with Crippen LogP contribution in [0.25, 0.3) is 6.08 Å². The molecule has 4 nitrogen and oxygen atoms in total. The largest absolute Gasteiger partial charge is 0.501 e. The average Bonchev–Trinajstić information content (AvgIpc) is 2.31. The van der Waals surface area contributed by atoms with Crippen LogP contribution in [0.1, 0.15) is 5.56 Å². The molecule has 0 spiro atoms. The van der Waals surface area contributed by atoms with E-state index in [1.165, 1.54) is 44.6 Å². The second-order valence-electron chi connectivity index (χ2n) is 2.92. The van der Waals surface area contributed by atoms with Crippen LogP contribution >= 0.6 is 7.60 Å². The maximum Gasteiger partial charge on any atom is 0.394 e. The van der Waals surface area contributed by atoms with E-state index >= 15 is 0 Å². The predicted octanol–water partition coefficient (Wildman–Crippen LogP) is 3.17. The van der Waals surface area contributed by atoms with Gasteiger partial charge in [0.25, 0.3) is 0 Å². The van der Waals surface area contributed by atoms with Gasteiger partial charge in [0.15, 0.2) is 0 Å². The van der Waals surface area contributed by atoms with Crippen molar-refractivity contribution in [3.63, 3.8) is 0 Å². The van der Waals surface area contributed by atoms with Crippen LogP contribution in [0.3, 0.4) is 0 Å². The van der Waals surface area contributed by atoms with Gasteiger partial charge in [0.1, 0.15) is 5.82 Å². The van der Waals surface area contributed by atoms with E-state index in [1.54, 1.807) is 0 Å². The minimum Gasteiger partial charge on any atom is -0.501 e. The normalized spacial score (nSPS) is 12.8. The van der Waals surface area contributed by atoms with Gasteiger partial charge in [0.2, 0.25) is 5.50 Å². The van der Waals surface area contributed by atoms with Crippen molar-refractivity contribution in [3.8, 4) is 0 Å². The van der Waals surface area contributed by atoms with Crippen molar-refractivity contribution in [3.05, 3.63) is 41.1 Å². The molecule has 0 aliphatic carbocycles. The molecule has 0 bridgehead atoms. The van der Waals surface area contributed by atoms with E-state index < -0.39 is 18.9 Å². The summed E-state index contributed by atoms with van der Waals surface area (Å²) in [4.78, 5) is 0. The quantitative estimate of drug-likeness (QED) is 0.654. The first-order valence-electron chi connectivity index (χ1n) is 4.40. The monoisotopic (exact) mass is 246 g/mol. The maximum absolute atomic E-state index is 12.6. The van der Waals surface area contributed by atoms with Crippen LogP contribution in [-0.2, 0) is 13.6 Å². The lowest BCUT2D eigenvalue weighted by Gasteiger charge is -2.11. The number of aliphatic hydroxyl groups is 1. The summed E-state index contributed by atoms with van der Waals surface area (Å²) < 4.78 is 33.5. The fraction of sp³-hybridized carbons (Fsp3) is 0.200. The van der Waals surface area contributed by atoms with E-state index in [2.05, 4.69) is 9.05 Å². The standard InChI is InChI=1S/C10H12FO4P/c1-14-16(13,15-2)10(12)7-8-3-5-9(11)6-4-8/h3-7,12H,1-2H3/b10-7+. The van der Waals surface area contributed by atoms with E-state index in [0.29, 0.717) is 5.56 Å². The van der Waals surface area contributed by atoms with Gasteiger partial charge in [0.05, 0.1) is 0 Å². The molecule has 16 heavy (non-hydrogen) atoms. The van der Waals surface area contributed by atoms with Crippen molar-refractivity contribution in [2.45, 2.75) is 0 Å². The molecule has 0 saturated carbocycles. The molecule has 0 aliphatic heterocycles. The fourth-order valence-corrected chi connectivity index (χ4v) is 1.88. The molecule has 1 aromatic carbocycles. The van der Waals surface area contributed by atoms with Crippen molar-refractivity contribution in [2.75, 3.05) is 14.2 Å². The van der Waals surface area contributed by atoms with E-state index in [-0.39, 0.29) is 0 Å². The van der Waals surface area contributed by atoms with Gasteiger partial charge >= 0.3 is 7.60 Å². The number of halogens is 1. The molecule has 0 saturated heterocycles. The van der Waals surface area contributed by atoms with Gasteiger partial charge in [0, 0.05) is 14.2 Å². The zero-order valence-corrected chi connectivity index (χ0v) is 9.78. The Morgan fingerprint density at radius 3 is 2.25 bits per heavy atom. The summed E-state index contributed by atoms with van der Waals surface area (Å²) >= 11 is 0. The topological polar surface area (TPSA) is 55.8 Å². The van der Waals surface area contributed by atoms with Gasteiger partial charge in [-0.1, -0.05) is 12.1 Å². The summed E-state index contributed by atoms with van der Waals surface area (Å²) in [6.45, 7) is 0. The molecule has 0 aromatic heterocycles. The van der Waals surface area contributed by atoms with Crippen LogP contribution in [0.2, 0.25) is 0 Å². The van der Waals surface area contributed by atoms with Crippen LogP contribution in [0.15, 0.2) is 29.8 Å². The van der Waals surface area contributed by atoms with Crippen molar-refractivity contribution in [1.82, 2.24) is 0 Å². The minimum atomic E-state index is -3.63. The third-order valence-corrected chi connectivity index (χ3v) is 3.58. The molecule has 88 valence electrons. The fourth-order valence-electron chi connectivity index (χ4n) is 1.05. The van der Waals surface area contributed by atoms with Gasteiger partial charge in [-0.15, -0.1) is 0 Å². The lowest BCUT2D eigenvalue weighted by Crippen LogP contribution is -1.92. The molecule has 0 fully saturated rings. The molecule has 0 amide bonds. The zero-order valence-electron chi connectivity index (χ0n) is 8.88. The minimum absolute atomic E-state index is 0.390. The average molecular weight is 246 g/mol. The molecule has 0 aliphatic rings. The van der Waals surface area contributed by atoms with Gasteiger partial charge in [-0.3, -0.25) is 4.57 Å². The van der Waals surface area contributed by atoms with Crippen LogP contribution in [0.4, 0.5) is 4.39 Å². The van der Waals surface area contributed by atoms with Gasteiger partial charge < -0.3 is 14.2 Å². The molecule has 1 N–H and O–H groups in total. The Morgan fingerprint density at radius 2 is 1.81 bits per heavy atom. The number of rotatable bonds is 4. The predicted molar refractivity (Wildman–Crippen MR) is 58.6 cm³/mol. The summed E-state index contributed by atoms with van der Waals surface area (Å²) in [5.41, 5.74) is -0.0302. The highest BCUT2D eigenvalue weighted by molar-refractivity contribution is 7.58. The molecule has 1 rings (SSSR count). The summed E-state index contributed by atoms with van der Waals surface area (Å²) in [7, 11) is -1.30. The third-order valence-electron chi connectivity index (χ3n) is 1.93. The van der Waals surface area contributed by atoms with Crippen LogP contribution in [0, 0.1) is 5.82 Å².